The van der Waals surface area contributed by atoms with Gasteiger partial charge >= 0.3 is 0 Å². The number of nitrogens with one attached hydrogen (secondary N) is 1. The molecular formula is C11H17BrN2O2S. The van der Waals surface area contributed by atoms with Crippen molar-refractivity contribution in [1.29, 1.82) is 0 Å². The third kappa shape index (κ3) is 4.39. The minimum absolute atomic E-state index is 0.190. The summed E-state index contributed by atoms with van der Waals surface area (Å²) >= 11 is 3.25. The van der Waals surface area contributed by atoms with E-state index < -0.39 is 15.6 Å². The first-order chi connectivity index (χ1) is 7.62. The van der Waals surface area contributed by atoms with Crippen LogP contribution in [0.15, 0.2) is 27.6 Å². The Bertz CT molecular complexity index is 507. The second kappa shape index (κ2) is 5.06. The van der Waals surface area contributed by atoms with Crippen molar-refractivity contribution in [2.45, 2.75) is 31.2 Å². The highest BCUT2D eigenvalue weighted by atomic mass is 79.9. The molecule has 1 aromatic carbocycles. The lowest BCUT2D eigenvalue weighted by Gasteiger charge is -2.19. The maximum Gasteiger partial charge on any atom is 0.241 e. The zero-order chi connectivity index (χ0) is 13.3. The summed E-state index contributed by atoms with van der Waals surface area (Å²) in [5, 5.41) is 0. The average Bonchev–Trinajstić information content (AvgIpc) is 2.13. The minimum atomic E-state index is -3.52. The predicted molar refractivity (Wildman–Crippen MR) is 72.3 cm³/mol. The summed E-state index contributed by atoms with van der Waals surface area (Å²) in [4.78, 5) is 0.229. The molecule has 0 saturated heterocycles. The summed E-state index contributed by atoms with van der Waals surface area (Å²) in [5.74, 6) is 0. The van der Waals surface area contributed by atoms with Gasteiger partial charge in [-0.1, -0.05) is 6.07 Å². The molecule has 0 heterocycles. The van der Waals surface area contributed by atoms with Gasteiger partial charge in [0.2, 0.25) is 10.0 Å². The van der Waals surface area contributed by atoms with Crippen LogP contribution in [0, 0.1) is 6.92 Å². The zero-order valence-corrected chi connectivity index (χ0v) is 12.5. The SMILES string of the molecule is Cc1ccc(S(=O)(=O)NCC(C)(C)N)c(Br)c1. The molecule has 17 heavy (non-hydrogen) atoms. The standard InChI is InChI=1S/C11H17BrN2O2S/c1-8-4-5-10(9(12)6-8)17(15,16)14-7-11(2,3)13/h4-6,14H,7,13H2,1-3H3. The number of hydrogen-bond acceptors (Lipinski definition) is 3. The van der Waals surface area contributed by atoms with Crippen molar-refractivity contribution in [3.8, 4) is 0 Å². The first kappa shape index (κ1) is 14.6. The van der Waals surface area contributed by atoms with Crippen molar-refractivity contribution in [2.75, 3.05) is 6.54 Å². The number of aryl methyl sites for hydroxylation is 1. The Labute approximate surface area is 111 Å². The van der Waals surface area contributed by atoms with Gasteiger partial charge in [0.25, 0.3) is 0 Å². The molecule has 0 atom stereocenters. The van der Waals surface area contributed by atoms with Gasteiger partial charge in [-0.15, -0.1) is 0 Å². The van der Waals surface area contributed by atoms with Gasteiger partial charge in [-0.05, 0) is 54.4 Å². The molecule has 3 N–H and O–H groups in total. The van der Waals surface area contributed by atoms with Gasteiger partial charge in [-0.3, -0.25) is 0 Å². The van der Waals surface area contributed by atoms with Gasteiger partial charge in [0.05, 0.1) is 4.90 Å². The molecule has 0 amide bonds. The van der Waals surface area contributed by atoms with E-state index in [1.54, 1.807) is 32.0 Å². The molecule has 4 nitrogen and oxygen atoms in total. The third-order valence-corrected chi connectivity index (χ3v) is 4.47. The Morgan fingerprint density at radius 1 is 1.41 bits per heavy atom. The number of sulfonamides is 1. The van der Waals surface area contributed by atoms with Crippen LogP contribution in [0.5, 0.6) is 0 Å². The largest absolute Gasteiger partial charge is 0.324 e. The molecule has 0 aromatic heterocycles. The second-order valence-electron chi connectivity index (χ2n) is 4.75. The van der Waals surface area contributed by atoms with Crippen LogP contribution in [0.1, 0.15) is 19.4 Å². The summed E-state index contributed by atoms with van der Waals surface area (Å²) in [7, 11) is -3.52. The predicted octanol–water partition coefficient (Wildman–Crippen LogP) is 1.77. The van der Waals surface area contributed by atoms with Crippen LogP contribution >= 0.6 is 15.9 Å². The molecule has 0 aliphatic carbocycles. The Morgan fingerprint density at radius 2 is 2.00 bits per heavy atom. The van der Waals surface area contributed by atoms with E-state index in [-0.39, 0.29) is 11.4 Å². The van der Waals surface area contributed by atoms with Gasteiger partial charge in [-0.25, -0.2) is 13.1 Å². The van der Waals surface area contributed by atoms with Crippen molar-refractivity contribution < 1.29 is 8.42 Å². The molecule has 6 heteroatoms. The molecular weight excluding hydrogens is 304 g/mol. The minimum Gasteiger partial charge on any atom is -0.324 e. The molecule has 0 saturated carbocycles. The summed E-state index contributed by atoms with van der Waals surface area (Å²) in [6, 6.07) is 5.10. The summed E-state index contributed by atoms with van der Waals surface area (Å²) in [6.07, 6.45) is 0. The van der Waals surface area contributed by atoms with Crippen molar-refractivity contribution >= 4 is 26.0 Å². The summed E-state index contributed by atoms with van der Waals surface area (Å²) < 4.78 is 27.1. The molecule has 1 aromatic rings. The fourth-order valence-corrected chi connectivity index (χ4v) is 3.60. The maximum absolute atomic E-state index is 12.0. The molecule has 96 valence electrons. The summed E-state index contributed by atoms with van der Waals surface area (Å²) in [5.41, 5.74) is 6.16. The number of hydrogen-bond donors (Lipinski definition) is 2. The molecule has 1 rings (SSSR count). The lowest BCUT2D eigenvalue weighted by Crippen LogP contribution is -2.45. The number of benzene rings is 1. The first-order valence-electron chi connectivity index (χ1n) is 5.16. The first-order valence-corrected chi connectivity index (χ1v) is 7.44. The maximum atomic E-state index is 12.0. The highest BCUT2D eigenvalue weighted by molar-refractivity contribution is 9.10. The van der Waals surface area contributed by atoms with E-state index in [2.05, 4.69) is 20.7 Å². The van der Waals surface area contributed by atoms with E-state index in [4.69, 9.17) is 5.73 Å². The number of rotatable bonds is 4. The molecule has 0 spiro atoms. The van der Waals surface area contributed by atoms with Gasteiger partial charge in [-0.2, -0.15) is 0 Å². The van der Waals surface area contributed by atoms with Gasteiger partial charge in [0, 0.05) is 16.6 Å². The third-order valence-electron chi connectivity index (χ3n) is 2.09. The van der Waals surface area contributed by atoms with Gasteiger partial charge < -0.3 is 5.73 Å². The van der Waals surface area contributed by atoms with Gasteiger partial charge in [0.15, 0.2) is 0 Å². The highest BCUT2D eigenvalue weighted by Crippen LogP contribution is 2.22. The number of nitrogens with two attached hydrogens (primary N) is 1. The molecule has 0 unspecified atom stereocenters. The quantitative estimate of drug-likeness (QED) is 0.888. The topological polar surface area (TPSA) is 72.2 Å². The fourth-order valence-electron chi connectivity index (χ4n) is 1.18. The average molecular weight is 321 g/mol. The van der Waals surface area contributed by atoms with E-state index >= 15 is 0 Å². The van der Waals surface area contributed by atoms with Crippen LogP contribution in [-0.2, 0) is 10.0 Å². The van der Waals surface area contributed by atoms with E-state index in [9.17, 15) is 8.42 Å². The Balaban J connectivity index is 2.98. The molecule has 0 aliphatic heterocycles. The molecule has 0 fully saturated rings. The molecule has 0 radical (unpaired) electrons. The van der Waals surface area contributed by atoms with E-state index in [1.807, 2.05) is 6.92 Å². The van der Waals surface area contributed by atoms with Gasteiger partial charge in [0.1, 0.15) is 0 Å². The monoisotopic (exact) mass is 320 g/mol. The van der Waals surface area contributed by atoms with E-state index in [1.165, 1.54) is 0 Å². The van der Waals surface area contributed by atoms with Crippen molar-refractivity contribution in [1.82, 2.24) is 4.72 Å². The van der Waals surface area contributed by atoms with E-state index in [0.717, 1.165) is 5.56 Å². The highest BCUT2D eigenvalue weighted by Gasteiger charge is 2.20. The van der Waals surface area contributed by atoms with E-state index in [0.29, 0.717) is 4.47 Å². The fraction of sp³-hybridized carbons (Fsp3) is 0.455. The van der Waals surface area contributed by atoms with Crippen LogP contribution in [0.4, 0.5) is 0 Å². The normalized spacial score (nSPS) is 12.8. The van der Waals surface area contributed by atoms with Crippen molar-refractivity contribution in [3.05, 3.63) is 28.2 Å². The smallest absolute Gasteiger partial charge is 0.241 e. The molecule has 0 aliphatic rings. The second-order valence-corrected chi connectivity index (χ2v) is 7.34. The molecule has 0 bridgehead atoms. The lowest BCUT2D eigenvalue weighted by molar-refractivity contribution is 0.498. The Hall–Kier alpha value is -0.430. The lowest BCUT2D eigenvalue weighted by atomic mass is 10.1. The van der Waals surface area contributed by atoms with Crippen LogP contribution in [-0.4, -0.2) is 20.5 Å². The van der Waals surface area contributed by atoms with Crippen LogP contribution < -0.4 is 10.5 Å². The van der Waals surface area contributed by atoms with Crippen molar-refractivity contribution in [2.24, 2.45) is 5.73 Å². The van der Waals surface area contributed by atoms with Crippen LogP contribution in [0.25, 0.3) is 0 Å². The number of halogens is 1. The van der Waals surface area contributed by atoms with Crippen molar-refractivity contribution in [3.63, 3.8) is 0 Å². The Morgan fingerprint density at radius 3 is 2.47 bits per heavy atom. The van der Waals surface area contributed by atoms with Crippen LogP contribution in [0.3, 0.4) is 0 Å². The van der Waals surface area contributed by atoms with Crippen LogP contribution in [0.2, 0.25) is 0 Å². The zero-order valence-electron chi connectivity index (χ0n) is 10.1. The summed E-state index contributed by atoms with van der Waals surface area (Å²) in [6.45, 7) is 5.62. The Kier molecular flexibility index (Phi) is 4.35.